The summed E-state index contributed by atoms with van der Waals surface area (Å²) < 4.78 is 0. The topological polar surface area (TPSA) is 90.5 Å². The lowest BCUT2D eigenvalue weighted by Crippen LogP contribution is -2.51. The van der Waals surface area contributed by atoms with E-state index in [4.69, 9.17) is 0 Å². The largest absolute Gasteiger partial charge is 0.389 e. The van der Waals surface area contributed by atoms with Gasteiger partial charge in [0.1, 0.15) is 6.04 Å². The van der Waals surface area contributed by atoms with Gasteiger partial charge in [0.05, 0.1) is 6.10 Å². The predicted octanol–water partition coefficient (Wildman–Crippen LogP) is 1.14. The summed E-state index contributed by atoms with van der Waals surface area (Å²) >= 11 is 0. The molecule has 20 heavy (non-hydrogen) atoms. The van der Waals surface area contributed by atoms with Crippen LogP contribution in [0.2, 0.25) is 0 Å². The Morgan fingerprint density at radius 2 is 2.10 bits per heavy atom. The first-order valence-corrected chi connectivity index (χ1v) is 6.69. The fourth-order valence-corrected chi connectivity index (χ4v) is 2.08. The SMILES string of the molecule is CC(O)c1ccc(NC(=O)NC2CCCNC2=O)cc1. The van der Waals surface area contributed by atoms with Gasteiger partial charge in [-0.15, -0.1) is 0 Å². The van der Waals surface area contributed by atoms with E-state index in [1.807, 2.05) is 0 Å². The molecule has 6 nitrogen and oxygen atoms in total. The molecule has 1 saturated heterocycles. The van der Waals surface area contributed by atoms with Gasteiger partial charge in [0.25, 0.3) is 0 Å². The maximum atomic E-state index is 11.8. The highest BCUT2D eigenvalue weighted by Crippen LogP contribution is 2.15. The second-order valence-corrected chi connectivity index (χ2v) is 4.88. The highest BCUT2D eigenvalue weighted by Gasteiger charge is 2.23. The van der Waals surface area contributed by atoms with E-state index in [-0.39, 0.29) is 5.91 Å². The maximum Gasteiger partial charge on any atom is 0.319 e. The Bertz CT molecular complexity index is 485. The van der Waals surface area contributed by atoms with Gasteiger partial charge in [-0.1, -0.05) is 12.1 Å². The molecule has 1 aromatic rings. The molecule has 2 unspecified atom stereocenters. The summed E-state index contributed by atoms with van der Waals surface area (Å²) in [4.78, 5) is 23.3. The molecule has 1 fully saturated rings. The maximum absolute atomic E-state index is 11.8. The smallest absolute Gasteiger partial charge is 0.319 e. The normalized spacial score (nSPS) is 19.9. The van der Waals surface area contributed by atoms with Crippen molar-refractivity contribution in [3.8, 4) is 0 Å². The average Bonchev–Trinajstić information content (AvgIpc) is 2.42. The molecule has 1 aromatic carbocycles. The fraction of sp³-hybridized carbons (Fsp3) is 0.429. The van der Waals surface area contributed by atoms with E-state index in [0.717, 1.165) is 12.0 Å². The number of hydrogen-bond donors (Lipinski definition) is 4. The Labute approximate surface area is 117 Å². The van der Waals surface area contributed by atoms with Crippen LogP contribution in [-0.2, 0) is 4.79 Å². The molecule has 1 aliphatic rings. The van der Waals surface area contributed by atoms with Crippen LogP contribution in [0.5, 0.6) is 0 Å². The van der Waals surface area contributed by atoms with Crippen LogP contribution in [0.15, 0.2) is 24.3 Å². The molecule has 0 aromatic heterocycles. The summed E-state index contributed by atoms with van der Waals surface area (Å²) in [5, 5.41) is 17.4. The van der Waals surface area contributed by atoms with E-state index < -0.39 is 18.2 Å². The lowest BCUT2D eigenvalue weighted by Gasteiger charge is -2.22. The highest BCUT2D eigenvalue weighted by atomic mass is 16.3. The van der Waals surface area contributed by atoms with E-state index >= 15 is 0 Å². The molecular weight excluding hydrogens is 258 g/mol. The number of carbonyl (C=O) groups is 2. The van der Waals surface area contributed by atoms with Crippen LogP contribution < -0.4 is 16.0 Å². The third-order valence-electron chi connectivity index (χ3n) is 3.24. The van der Waals surface area contributed by atoms with Crippen LogP contribution >= 0.6 is 0 Å². The minimum atomic E-state index is -0.538. The first-order valence-electron chi connectivity index (χ1n) is 6.69. The van der Waals surface area contributed by atoms with Gasteiger partial charge in [-0.25, -0.2) is 4.79 Å². The van der Waals surface area contributed by atoms with Crippen LogP contribution in [0.4, 0.5) is 10.5 Å². The van der Waals surface area contributed by atoms with Crippen molar-refractivity contribution in [1.82, 2.24) is 10.6 Å². The van der Waals surface area contributed by atoms with Crippen molar-refractivity contribution < 1.29 is 14.7 Å². The summed E-state index contributed by atoms with van der Waals surface area (Å²) in [5.41, 5.74) is 1.39. The number of aliphatic hydroxyl groups excluding tert-OH is 1. The molecule has 0 saturated carbocycles. The van der Waals surface area contributed by atoms with Gasteiger partial charge >= 0.3 is 6.03 Å². The van der Waals surface area contributed by atoms with Crippen molar-refractivity contribution in [1.29, 1.82) is 0 Å². The van der Waals surface area contributed by atoms with E-state index in [1.165, 1.54) is 0 Å². The van der Waals surface area contributed by atoms with Crippen LogP contribution in [0.3, 0.4) is 0 Å². The number of amides is 3. The van der Waals surface area contributed by atoms with Gasteiger partial charge in [0.2, 0.25) is 5.91 Å². The fourth-order valence-electron chi connectivity index (χ4n) is 2.08. The Balaban J connectivity index is 1.89. The van der Waals surface area contributed by atoms with Crippen molar-refractivity contribution in [2.24, 2.45) is 0 Å². The molecule has 6 heteroatoms. The third-order valence-corrected chi connectivity index (χ3v) is 3.24. The molecule has 4 N–H and O–H groups in total. The Morgan fingerprint density at radius 3 is 2.70 bits per heavy atom. The highest BCUT2D eigenvalue weighted by molar-refractivity contribution is 5.93. The monoisotopic (exact) mass is 277 g/mol. The molecule has 0 aliphatic carbocycles. The second-order valence-electron chi connectivity index (χ2n) is 4.88. The number of benzene rings is 1. The van der Waals surface area contributed by atoms with Crippen LogP contribution in [0.25, 0.3) is 0 Å². The summed E-state index contributed by atoms with van der Waals surface area (Å²) in [5.74, 6) is -0.143. The lowest BCUT2D eigenvalue weighted by molar-refractivity contribution is -0.124. The Kier molecular flexibility index (Phi) is 4.57. The number of anilines is 1. The lowest BCUT2D eigenvalue weighted by atomic mass is 10.1. The minimum absolute atomic E-state index is 0.143. The molecule has 0 spiro atoms. The van der Waals surface area contributed by atoms with Crippen molar-refractivity contribution >= 4 is 17.6 Å². The second kappa shape index (κ2) is 6.38. The van der Waals surface area contributed by atoms with Gasteiger partial charge in [-0.2, -0.15) is 0 Å². The standard InChI is InChI=1S/C14H19N3O3/c1-9(18)10-4-6-11(7-5-10)16-14(20)17-12-3-2-8-15-13(12)19/h4-7,9,12,18H,2-3,8H2,1H3,(H,15,19)(H2,16,17,20). The third kappa shape index (κ3) is 3.71. The van der Waals surface area contributed by atoms with E-state index in [0.29, 0.717) is 18.7 Å². The zero-order valence-corrected chi connectivity index (χ0v) is 11.3. The van der Waals surface area contributed by atoms with Gasteiger partial charge < -0.3 is 21.1 Å². The zero-order valence-electron chi connectivity index (χ0n) is 11.3. The Morgan fingerprint density at radius 1 is 1.40 bits per heavy atom. The summed E-state index contributed by atoms with van der Waals surface area (Å²) in [6.07, 6.45) is 0.976. The minimum Gasteiger partial charge on any atom is -0.389 e. The molecular formula is C14H19N3O3. The average molecular weight is 277 g/mol. The quantitative estimate of drug-likeness (QED) is 0.668. The molecule has 108 valence electrons. The summed E-state index contributed by atoms with van der Waals surface area (Å²) in [7, 11) is 0. The summed E-state index contributed by atoms with van der Waals surface area (Å²) in [6, 6.07) is 6.03. The van der Waals surface area contributed by atoms with Crippen molar-refractivity contribution in [2.75, 3.05) is 11.9 Å². The number of nitrogens with one attached hydrogen (secondary N) is 3. The first kappa shape index (κ1) is 14.3. The van der Waals surface area contributed by atoms with Gasteiger partial charge in [0, 0.05) is 12.2 Å². The number of hydrogen-bond acceptors (Lipinski definition) is 3. The van der Waals surface area contributed by atoms with Gasteiger partial charge in [-0.3, -0.25) is 4.79 Å². The summed E-state index contributed by atoms with van der Waals surface area (Å²) in [6.45, 7) is 2.34. The number of rotatable bonds is 3. The molecule has 3 amide bonds. The molecule has 2 atom stereocenters. The first-order chi connectivity index (χ1) is 9.56. The zero-order chi connectivity index (χ0) is 14.5. The van der Waals surface area contributed by atoms with Crippen molar-refractivity contribution in [3.63, 3.8) is 0 Å². The van der Waals surface area contributed by atoms with Crippen molar-refractivity contribution in [3.05, 3.63) is 29.8 Å². The number of aliphatic hydroxyl groups is 1. The molecule has 1 aliphatic heterocycles. The molecule has 1 heterocycles. The van der Waals surface area contributed by atoms with E-state index in [1.54, 1.807) is 31.2 Å². The molecule has 2 rings (SSSR count). The van der Waals surface area contributed by atoms with Gasteiger partial charge in [0.15, 0.2) is 0 Å². The van der Waals surface area contributed by atoms with Crippen LogP contribution in [-0.4, -0.2) is 29.6 Å². The predicted molar refractivity (Wildman–Crippen MR) is 75.3 cm³/mol. The van der Waals surface area contributed by atoms with Crippen LogP contribution in [0.1, 0.15) is 31.4 Å². The van der Waals surface area contributed by atoms with Crippen molar-refractivity contribution in [2.45, 2.75) is 31.9 Å². The van der Waals surface area contributed by atoms with Gasteiger partial charge in [-0.05, 0) is 37.5 Å². The van der Waals surface area contributed by atoms with Crippen LogP contribution in [0, 0.1) is 0 Å². The number of carbonyl (C=O) groups excluding carboxylic acids is 2. The number of piperidine rings is 1. The van der Waals surface area contributed by atoms with E-state index in [2.05, 4.69) is 16.0 Å². The molecule has 0 bridgehead atoms. The number of urea groups is 1. The van der Waals surface area contributed by atoms with E-state index in [9.17, 15) is 14.7 Å². The Hall–Kier alpha value is -2.08. The molecule has 0 radical (unpaired) electrons.